The standard InChI is InChI=1S/C16H18FN5O2/c1-21(2)15-18-8-13(9-19-15)20-16(23)22-5-6-24-14-7-12(17)4-3-11(14)10-22/h3-4,7-9H,5-6,10H2,1-2H3,(H,20,23). The molecule has 0 saturated carbocycles. The third kappa shape index (κ3) is 3.53. The zero-order valence-electron chi connectivity index (χ0n) is 13.5. The molecule has 8 heteroatoms. The minimum Gasteiger partial charge on any atom is -0.491 e. The Morgan fingerprint density at radius 3 is 2.79 bits per heavy atom. The molecule has 7 nitrogen and oxygen atoms in total. The first kappa shape index (κ1) is 16.0. The molecule has 0 saturated heterocycles. The van der Waals surface area contributed by atoms with Crippen molar-refractivity contribution >= 4 is 17.7 Å². The van der Waals surface area contributed by atoms with Gasteiger partial charge in [-0.1, -0.05) is 6.07 Å². The number of benzene rings is 1. The van der Waals surface area contributed by atoms with Crippen LogP contribution in [0.1, 0.15) is 5.56 Å². The van der Waals surface area contributed by atoms with Crippen molar-refractivity contribution in [3.05, 3.63) is 42.0 Å². The lowest BCUT2D eigenvalue weighted by Gasteiger charge is -2.20. The van der Waals surface area contributed by atoms with Crippen LogP contribution in [0.5, 0.6) is 5.75 Å². The Hall–Kier alpha value is -2.90. The fourth-order valence-electron chi connectivity index (χ4n) is 2.34. The summed E-state index contributed by atoms with van der Waals surface area (Å²) in [6, 6.07) is 4.05. The second kappa shape index (κ2) is 6.69. The minimum absolute atomic E-state index is 0.281. The van der Waals surface area contributed by atoms with Crippen LogP contribution in [0.3, 0.4) is 0 Å². The number of carbonyl (C=O) groups is 1. The molecule has 2 aromatic rings. The Morgan fingerprint density at radius 1 is 1.33 bits per heavy atom. The van der Waals surface area contributed by atoms with Crippen LogP contribution in [-0.2, 0) is 6.54 Å². The molecule has 2 heterocycles. The van der Waals surface area contributed by atoms with Crippen molar-refractivity contribution in [2.45, 2.75) is 6.54 Å². The number of aromatic nitrogens is 2. The van der Waals surface area contributed by atoms with Gasteiger partial charge in [0, 0.05) is 25.7 Å². The molecule has 0 spiro atoms. The highest BCUT2D eigenvalue weighted by molar-refractivity contribution is 5.89. The van der Waals surface area contributed by atoms with E-state index in [0.29, 0.717) is 37.1 Å². The second-order valence-electron chi connectivity index (χ2n) is 5.62. The molecule has 3 rings (SSSR count). The summed E-state index contributed by atoms with van der Waals surface area (Å²) in [4.78, 5) is 24.1. The van der Waals surface area contributed by atoms with E-state index >= 15 is 0 Å². The molecule has 0 atom stereocenters. The van der Waals surface area contributed by atoms with Crippen LogP contribution < -0.4 is 15.0 Å². The van der Waals surface area contributed by atoms with Gasteiger partial charge in [0.25, 0.3) is 0 Å². The van der Waals surface area contributed by atoms with E-state index < -0.39 is 0 Å². The van der Waals surface area contributed by atoms with E-state index in [1.165, 1.54) is 12.1 Å². The van der Waals surface area contributed by atoms with Crippen molar-refractivity contribution in [1.29, 1.82) is 0 Å². The summed E-state index contributed by atoms with van der Waals surface area (Å²) in [6.07, 6.45) is 3.11. The van der Waals surface area contributed by atoms with Crippen molar-refractivity contribution < 1.29 is 13.9 Å². The number of nitrogens with zero attached hydrogens (tertiary/aromatic N) is 4. The number of nitrogens with one attached hydrogen (secondary N) is 1. The summed E-state index contributed by atoms with van der Waals surface area (Å²) < 4.78 is 18.8. The van der Waals surface area contributed by atoms with Gasteiger partial charge in [-0.25, -0.2) is 19.2 Å². The van der Waals surface area contributed by atoms with Crippen LogP contribution in [0.2, 0.25) is 0 Å². The topological polar surface area (TPSA) is 70.6 Å². The lowest BCUT2D eigenvalue weighted by Crippen LogP contribution is -2.36. The molecule has 2 amide bonds. The molecule has 0 bridgehead atoms. The number of ether oxygens (including phenoxy) is 1. The fourth-order valence-corrected chi connectivity index (χ4v) is 2.34. The van der Waals surface area contributed by atoms with E-state index in [-0.39, 0.29) is 11.8 Å². The summed E-state index contributed by atoms with van der Waals surface area (Å²) in [7, 11) is 3.68. The number of hydrogen-bond donors (Lipinski definition) is 1. The Bertz CT molecular complexity index is 736. The maximum Gasteiger partial charge on any atom is 0.322 e. The number of fused-ring (bicyclic) bond motifs is 1. The van der Waals surface area contributed by atoms with Crippen molar-refractivity contribution in [2.75, 3.05) is 37.5 Å². The molecule has 1 aromatic carbocycles. The third-order valence-corrected chi connectivity index (χ3v) is 3.59. The normalized spacial score (nSPS) is 13.5. The second-order valence-corrected chi connectivity index (χ2v) is 5.62. The van der Waals surface area contributed by atoms with Gasteiger partial charge in [0.15, 0.2) is 0 Å². The molecule has 126 valence electrons. The van der Waals surface area contributed by atoms with Crippen molar-refractivity contribution in [1.82, 2.24) is 14.9 Å². The average Bonchev–Trinajstić information content (AvgIpc) is 2.77. The molecule has 0 fully saturated rings. The van der Waals surface area contributed by atoms with Crippen LogP contribution in [0.25, 0.3) is 0 Å². The number of anilines is 2. The minimum atomic E-state index is -0.357. The van der Waals surface area contributed by atoms with Crippen LogP contribution in [0, 0.1) is 5.82 Å². The summed E-state index contributed by atoms with van der Waals surface area (Å²) in [5.74, 6) is 0.681. The number of amides is 2. The molecule has 1 aliphatic rings. The monoisotopic (exact) mass is 331 g/mol. The fraction of sp³-hybridized carbons (Fsp3) is 0.312. The van der Waals surface area contributed by atoms with Gasteiger partial charge >= 0.3 is 6.03 Å². The van der Waals surface area contributed by atoms with Crippen molar-refractivity contribution in [2.24, 2.45) is 0 Å². The highest BCUT2D eigenvalue weighted by atomic mass is 19.1. The number of hydrogen-bond acceptors (Lipinski definition) is 5. The zero-order valence-corrected chi connectivity index (χ0v) is 13.5. The molecule has 0 radical (unpaired) electrons. The van der Waals surface area contributed by atoms with Gasteiger partial charge < -0.3 is 19.9 Å². The van der Waals surface area contributed by atoms with Crippen LogP contribution >= 0.6 is 0 Å². The average molecular weight is 331 g/mol. The predicted molar refractivity (Wildman–Crippen MR) is 87.7 cm³/mol. The van der Waals surface area contributed by atoms with Crippen LogP contribution in [0.15, 0.2) is 30.6 Å². The number of rotatable bonds is 2. The van der Waals surface area contributed by atoms with Gasteiger partial charge in [-0.05, 0) is 6.07 Å². The van der Waals surface area contributed by atoms with Gasteiger partial charge in [-0.2, -0.15) is 0 Å². The molecule has 1 aliphatic heterocycles. The number of halogens is 1. The van der Waals surface area contributed by atoms with E-state index in [1.807, 2.05) is 14.1 Å². The molecule has 0 unspecified atom stereocenters. The Labute approximate surface area is 139 Å². The predicted octanol–water partition coefficient (Wildman–Crippen LogP) is 2.11. The van der Waals surface area contributed by atoms with Gasteiger partial charge in [-0.15, -0.1) is 0 Å². The Morgan fingerprint density at radius 2 is 2.08 bits per heavy atom. The number of urea groups is 1. The molecular formula is C16H18FN5O2. The van der Waals surface area contributed by atoms with E-state index in [4.69, 9.17) is 4.74 Å². The van der Waals surface area contributed by atoms with Gasteiger partial charge in [-0.3, -0.25) is 0 Å². The van der Waals surface area contributed by atoms with E-state index in [9.17, 15) is 9.18 Å². The zero-order chi connectivity index (χ0) is 17.1. The van der Waals surface area contributed by atoms with Crippen LogP contribution in [-0.4, -0.2) is 48.1 Å². The van der Waals surface area contributed by atoms with Gasteiger partial charge in [0.05, 0.1) is 31.2 Å². The van der Waals surface area contributed by atoms with Gasteiger partial charge in [0.2, 0.25) is 5.95 Å². The van der Waals surface area contributed by atoms with Gasteiger partial charge in [0.1, 0.15) is 18.2 Å². The van der Waals surface area contributed by atoms with E-state index in [0.717, 1.165) is 5.56 Å². The summed E-state index contributed by atoms with van der Waals surface area (Å²) in [5, 5.41) is 2.76. The molecule has 0 aliphatic carbocycles. The van der Waals surface area contributed by atoms with E-state index in [1.54, 1.807) is 28.3 Å². The quantitative estimate of drug-likeness (QED) is 0.913. The lowest BCUT2D eigenvalue weighted by atomic mass is 10.2. The van der Waals surface area contributed by atoms with Crippen LogP contribution in [0.4, 0.5) is 20.8 Å². The highest BCUT2D eigenvalue weighted by Gasteiger charge is 2.20. The lowest BCUT2D eigenvalue weighted by molar-refractivity contribution is 0.200. The maximum atomic E-state index is 13.3. The number of carbonyl (C=O) groups excluding carboxylic acids is 1. The third-order valence-electron chi connectivity index (χ3n) is 3.59. The first-order valence-corrected chi connectivity index (χ1v) is 7.49. The van der Waals surface area contributed by atoms with Crippen molar-refractivity contribution in [3.8, 4) is 5.75 Å². The SMILES string of the molecule is CN(C)c1ncc(NC(=O)N2CCOc3cc(F)ccc3C2)cn1. The largest absolute Gasteiger partial charge is 0.491 e. The molecule has 24 heavy (non-hydrogen) atoms. The Kier molecular flexibility index (Phi) is 4.45. The Balaban J connectivity index is 1.69. The molecular weight excluding hydrogens is 313 g/mol. The smallest absolute Gasteiger partial charge is 0.322 e. The van der Waals surface area contributed by atoms with E-state index in [2.05, 4.69) is 15.3 Å². The summed E-state index contributed by atoms with van der Waals surface area (Å²) in [6.45, 7) is 1.05. The van der Waals surface area contributed by atoms with Crippen molar-refractivity contribution in [3.63, 3.8) is 0 Å². The first-order chi connectivity index (χ1) is 11.5. The molecule has 1 N–H and O–H groups in total. The first-order valence-electron chi connectivity index (χ1n) is 7.49. The summed E-state index contributed by atoms with van der Waals surface area (Å²) in [5.41, 5.74) is 1.28. The molecule has 1 aromatic heterocycles. The maximum absolute atomic E-state index is 13.3. The highest BCUT2D eigenvalue weighted by Crippen LogP contribution is 2.24. The summed E-state index contributed by atoms with van der Waals surface area (Å²) >= 11 is 0.